The molecule has 0 radical (unpaired) electrons. The van der Waals surface area contributed by atoms with E-state index >= 15 is 0 Å². The third-order valence-corrected chi connectivity index (χ3v) is 3.64. The van der Waals surface area contributed by atoms with Gasteiger partial charge in [-0.2, -0.15) is 0 Å². The van der Waals surface area contributed by atoms with E-state index in [4.69, 9.17) is 5.14 Å². The zero-order valence-corrected chi connectivity index (χ0v) is 11.9. The number of sulfonamides is 1. The van der Waals surface area contributed by atoms with Crippen molar-refractivity contribution < 1.29 is 17.6 Å². The zero-order valence-electron chi connectivity index (χ0n) is 11.1. The molecule has 1 amide bonds. The number of halogens is 1. The van der Waals surface area contributed by atoms with Crippen molar-refractivity contribution in [1.82, 2.24) is 0 Å². The van der Waals surface area contributed by atoms with Gasteiger partial charge in [0.25, 0.3) is 5.91 Å². The predicted molar refractivity (Wildman–Crippen MR) is 76.9 cm³/mol. The van der Waals surface area contributed by atoms with Crippen LogP contribution in [0.25, 0.3) is 0 Å². The summed E-state index contributed by atoms with van der Waals surface area (Å²) in [5.41, 5.74) is 1.15. The highest BCUT2D eigenvalue weighted by Gasteiger charge is 2.13. The molecule has 2 rings (SSSR count). The molecule has 0 spiro atoms. The number of primary sulfonamides is 1. The summed E-state index contributed by atoms with van der Waals surface area (Å²) in [6.07, 6.45) is 0. The van der Waals surface area contributed by atoms with E-state index in [1.807, 2.05) is 0 Å². The van der Waals surface area contributed by atoms with Gasteiger partial charge in [0.15, 0.2) is 0 Å². The Bertz CT molecular complexity index is 786. The smallest absolute Gasteiger partial charge is 0.255 e. The summed E-state index contributed by atoms with van der Waals surface area (Å²) >= 11 is 0. The lowest BCUT2D eigenvalue weighted by Crippen LogP contribution is -2.16. The van der Waals surface area contributed by atoms with Crippen LogP contribution in [0.4, 0.5) is 10.1 Å². The van der Waals surface area contributed by atoms with Crippen LogP contribution >= 0.6 is 0 Å². The van der Waals surface area contributed by atoms with Gasteiger partial charge in [-0.05, 0) is 55.0 Å². The molecule has 0 saturated carbocycles. The van der Waals surface area contributed by atoms with E-state index in [1.165, 1.54) is 42.5 Å². The SMILES string of the molecule is Cc1cc(C(=O)Nc2ccc(F)cc2)cc(S(N)(=O)=O)c1. The molecule has 110 valence electrons. The fraction of sp³-hybridized carbons (Fsp3) is 0.0714. The predicted octanol–water partition coefficient (Wildman–Crippen LogP) is 2.03. The topological polar surface area (TPSA) is 89.3 Å². The van der Waals surface area contributed by atoms with Gasteiger partial charge in [0, 0.05) is 11.3 Å². The number of hydrogen-bond donors (Lipinski definition) is 2. The maximum Gasteiger partial charge on any atom is 0.255 e. The summed E-state index contributed by atoms with van der Waals surface area (Å²) < 4.78 is 35.5. The van der Waals surface area contributed by atoms with Crippen LogP contribution in [0.5, 0.6) is 0 Å². The number of carbonyl (C=O) groups excluding carboxylic acids is 1. The number of nitrogens with one attached hydrogen (secondary N) is 1. The summed E-state index contributed by atoms with van der Waals surface area (Å²) in [6, 6.07) is 9.34. The van der Waals surface area contributed by atoms with E-state index in [-0.39, 0.29) is 10.5 Å². The molecule has 0 atom stereocenters. The van der Waals surface area contributed by atoms with Crippen LogP contribution in [-0.4, -0.2) is 14.3 Å². The van der Waals surface area contributed by atoms with Gasteiger partial charge in [-0.3, -0.25) is 4.79 Å². The van der Waals surface area contributed by atoms with Crippen molar-refractivity contribution in [1.29, 1.82) is 0 Å². The van der Waals surface area contributed by atoms with E-state index < -0.39 is 21.7 Å². The minimum absolute atomic E-state index is 0.133. The Morgan fingerprint density at radius 1 is 1.14 bits per heavy atom. The van der Waals surface area contributed by atoms with Crippen molar-refractivity contribution in [3.63, 3.8) is 0 Å². The molecular weight excluding hydrogens is 295 g/mol. The summed E-state index contributed by atoms with van der Waals surface area (Å²) in [5, 5.41) is 7.61. The van der Waals surface area contributed by atoms with Gasteiger partial charge in [0.05, 0.1) is 4.90 Å². The first-order valence-electron chi connectivity index (χ1n) is 5.97. The first-order chi connectivity index (χ1) is 9.75. The molecule has 2 aromatic carbocycles. The number of hydrogen-bond acceptors (Lipinski definition) is 3. The molecule has 5 nitrogen and oxygen atoms in total. The fourth-order valence-electron chi connectivity index (χ4n) is 1.78. The monoisotopic (exact) mass is 308 g/mol. The minimum atomic E-state index is -3.89. The van der Waals surface area contributed by atoms with Gasteiger partial charge in [-0.25, -0.2) is 17.9 Å². The Kier molecular flexibility index (Phi) is 4.06. The number of aryl methyl sites for hydroxylation is 1. The Labute approximate surface area is 121 Å². The second kappa shape index (κ2) is 5.63. The third kappa shape index (κ3) is 3.87. The molecule has 0 bridgehead atoms. The van der Waals surface area contributed by atoms with E-state index in [1.54, 1.807) is 6.92 Å². The summed E-state index contributed by atoms with van der Waals surface area (Å²) in [4.78, 5) is 12.0. The molecule has 0 aliphatic carbocycles. The van der Waals surface area contributed by atoms with Gasteiger partial charge in [-0.1, -0.05) is 0 Å². The summed E-state index contributed by atoms with van der Waals surface area (Å²) in [6.45, 7) is 1.66. The molecule has 0 aliphatic rings. The number of nitrogens with two attached hydrogens (primary N) is 1. The number of rotatable bonds is 3. The Morgan fingerprint density at radius 2 is 1.76 bits per heavy atom. The highest BCUT2D eigenvalue weighted by molar-refractivity contribution is 7.89. The van der Waals surface area contributed by atoms with Gasteiger partial charge < -0.3 is 5.32 Å². The van der Waals surface area contributed by atoms with Crippen LogP contribution in [0.1, 0.15) is 15.9 Å². The number of anilines is 1. The van der Waals surface area contributed by atoms with Crippen molar-refractivity contribution in [2.45, 2.75) is 11.8 Å². The van der Waals surface area contributed by atoms with Crippen LogP contribution < -0.4 is 10.5 Å². The Hall–Kier alpha value is -2.25. The number of benzene rings is 2. The van der Waals surface area contributed by atoms with Crippen LogP contribution in [0, 0.1) is 12.7 Å². The first-order valence-corrected chi connectivity index (χ1v) is 7.52. The van der Waals surface area contributed by atoms with Gasteiger partial charge >= 0.3 is 0 Å². The third-order valence-electron chi connectivity index (χ3n) is 2.74. The van der Waals surface area contributed by atoms with Crippen molar-refractivity contribution >= 4 is 21.6 Å². The molecule has 2 aromatic rings. The summed E-state index contributed by atoms with van der Waals surface area (Å²) in [7, 11) is -3.89. The lowest BCUT2D eigenvalue weighted by molar-refractivity contribution is 0.102. The van der Waals surface area contributed by atoms with Crippen LogP contribution in [0.3, 0.4) is 0 Å². The first kappa shape index (κ1) is 15.1. The molecule has 0 heterocycles. The standard InChI is InChI=1S/C14H13FN2O3S/c1-9-6-10(8-13(7-9)21(16,19)20)14(18)17-12-4-2-11(15)3-5-12/h2-8H,1H3,(H,17,18)(H2,16,19,20). The van der Waals surface area contributed by atoms with Gasteiger partial charge in [0.1, 0.15) is 5.82 Å². The average molecular weight is 308 g/mol. The van der Waals surface area contributed by atoms with Crippen LogP contribution in [0.2, 0.25) is 0 Å². The molecule has 0 unspecified atom stereocenters. The zero-order chi connectivity index (χ0) is 15.6. The van der Waals surface area contributed by atoms with Crippen molar-refractivity contribution in [2.24, 2.45) is 5.14 Å². The lowest BCUT2D eigenvalue weighted by atomic mass is 10.1. The number of amides is 1. The Balaban J connectivity index is 2.31. The van der Waals surface area contributed by atoms with E-state index in [9.17, 15) is 17.6 Å². The van der Waals surface area contributed by atoms with Crippen LogP contribution in [-0.2, 0) is 10.0 Å². The van der Waals surface area contributed by atoms with Gasteiger partial charge in [0.2, 0.25) is 10.0 Å². The fourth-order valence-corrected chi connectivity index (χ4v) is 2.42. The average Bonchev–Trinajstić information content (AvgIpc) is 2.39. The normalized spacial score (nSPS) is 11.2. The van der Waals surface area contributed by atoms with Crippen molar-refractivity contribution in [2.75, 3.05) is 5.32 Å². The molecule has 21 heavy (non-hydrogen) atoms. The molecular formula is C14H13FN2O3S. The maximum absolute atomic E-state index is 12.8. The van der Waals surface area contributed by atoms with Gasteiger partial charge in [-0.15, -0.1) is 0 Å². The Morgan fingerprint density at radius 3 is 2.33 bits per heavy atom. The number of carbonyl (C=O) groups is 1. The van der Waals surface area contributed by atoms with Crippen LogP contribution in [0.15, 0.2) is 47.4 Å². The van der Waals surface area contributed by atoms with Crippen molar-refractivity contribution in [3.8, 4) is 0 Å². The minimum Gasteiger partial charge on any atom is -0.322 e. The maximum atomic E-state index is 12.8. The quantitative estimate of drug-likeness (QED) is 0.909. The molecule has 0 aliphatic heterocycles. The van der Waals surface area contributed by atoms with E-state index in [2.05, 4.69) is 5.32 Å². The van der Waals surface area contributed by atoms with E-state index in [0.29, 0.717) is 11.3 Å². The lowest BCUT2D eigenvalue weighted by Gasteiger charge is -2.08. The summed E-state index contributed by atoms with van der Waals surface area (Å²) in [5.74, 6) is -0.921. The van der Waals surface area contributed by atoms with Crippen molar-refractivity contribution in [3.05, 3.63) is 59.4 Å². The molecule has 3 N–H and O–H groups in total. The van der Waals surface area contributed by atoms with E-state index in [0.717, 1.165) is 0 Å². The second-order valence-corrected chi connectivity index (χ2v) is 6.10. The molecule has 0 aromatic heterocycles. The largest absolute Gasteiger partial charge is 0.322 e. The second-order valence-electron chi connectivity index (χ2n) is 4.54. The molecule has 0 fully saturated rings. The molecule has 7 heteroatoms. The molecule has 0 saturated heterocycles. The highest BCUT2D eigenvalue weighted by atomic mass is 32.2. The highest BCUT2D eigenvalue weighted by Crippen LogP contribution is 2.16.